The predicted octanol–water partition coefficient (Wildman–Crippen LogP) is -4.76. The molecule has 0 spiro atoms. The minimum atomic E-state index is -2.51. The molecule has 12 nitrogen and oxygen atoms in total. The molecule has 0 aliphatic carbocycles. The van der Waals surface area contributed by atoms with Gasteiger partial charge in [0.1, 0.15) is 24.4 Å². The van der Waals surface area contributed by atoms with Gasteiger partial charge in [0, 0.05) is 50.7 Å². The van der Waals surface area contributed by atoms with Crippen LogP contribution in [0.3, 0.4) is 0 Å². The second-order valence-corrected chi connectivity index (χ2v) is 13.9. The van der Waals surface area contributed by atoms with Gasteiger partial charge in [-0.15, -0.1) is 0 Å². The minimum Gasteiger partial charge on any atom is -0.772 e. The van der Waals surface area contributed by atoms with E-state index >= 15 is 0 Å². The van der Waals surface area contributed by atoms with Crippen molar-refractivity contribution in [3.8, 4) is 0 Å². The largest absolute Gasteiger partial charge is 1.00 e. The maximum Gasteiger partial charge on any atom is 1.00 e. The van der Waals surface area contributed by atoms with Gasteiger partial charge in [-0.2, -0.15) is 0 Å². The molecule has 0 aliphatic heterocycles. The zero-order valence-electron chi connectivity index (χ0n) is 21.9. The van der Waals surface area contributed by atoms with E-state index in [-0.39, 0.29) is 70.6 Å². The molecule has 0 aromatic heterocycles. The first-order valence-corrected chi connectivity index (χ1v) is 17.6. The van der Waals surface area contributed by atoms with Gasteiger partial charge >= 0.3 is 83.0 Å². The van der Waals surface area contributed by atoms with Crippen molar-refractivity contribution in [3.05, 3.63) is 0 Å². The predicted molar refractivity (Wildman–Crippen MR) is 140 cm³/mol. The number of esters is 4. The van der Waals surface area contributed by atoms with Crippen LogP contribution in [0.1, 0.15) is 27.7 Å². The molecule has 38 heavy (non-hydrogen) atoms. The number of ether oxygens (including phenoxy) is 4. The fourth-order valence-corrected chi connectivity index (χ4v) is 8.63. The fourth-order valence-electron chi connectivity index (χ4n) is 2.41. The number of hydrogen-bond donors (Lipinski definition) is 0. The summed E-state index contributed by atoms with van der Waals surface area (Å²) in [5.74, 6) is -2.07. The first-order valence-electron chi connectivity index (χ1n) is 10.1. The van der Waals surface area contributed by atoms with E-state index in [0.717, 1.165) is 13.8 Å². The van der Waals surface area contributed by atoms with Crippen molar-refractivity contribution in [2.75, 3.05) is 34.5 Å². The molecule has 0 radical (unpaired) electrons. The Bertz CT molecular complexity index is 684. The monoisotopic (exact) mass is 674 g/mol. The molecule has 0 aromatic rings. The van der Waals surface area contributed by atoms with Gasteiger partial charge in [0.25, 0.3) is 0 Å². The maximum absolute atomic E-state index is 11.4. The zero-order chi connectivity index (χ0) is 27.7. The molecule has 0 fully saturated rings. The summed E-state index contributed by atoms with van der Waals surface area (Å²) >= 11 is -5.02. The van der Waals surface area contributed by atoms with Crippen molar-refractivity contribution in [2.45, 2.75) is 52.1 Å². The summed E-state index contributed by atoms with van der Waals surface area (Å²) in [6, 6.07) is 0. The average molecular weight is 675 g/mol. The Labute approximate surface area is 287 Å². The molecule has 0 bridgehead atoms. The van der Waals surface area contributed by atoms with Gasteiger partial charge in [-0.3, -0.25) is 27.6 Å². The van der Waals surface area contributed by atoms with Crippen LogP contribution in [-0.2, 0) is 60.3 Å². The molecule has 20 heteroatoms. The SMILES string of the molecule is CC(=O)O[C@H](CSSCCSSC[C@@H](OC(C)=O)[C@@H](CS(=O)[O-])OC(C)=O)[C@@H](CS(=O)[O-])OC(C)=O.[Na+].[Na+]. The van der Waals surface area contributed by atoms with Crippen LogP contribution in [-0.4, -0.2) is 100 Å². The molecule has 0 N–H and O–H groups in total. The van der Waals surface area contributed by atoms with Crippen LogP contribution in [0.2, 0.25) is 0 Å². The molecular weight excluding hydrogens is 647 g/mol. The summed E-state index contributed by atoms with van der Waals surface area (Å²) in [5.41, 5.74) is 0. The molecule has 0 saturated carbocycles. The molecule has 0 saturated heterocycles. The smallest absolute Gasteiger partial charge is 0.772 e. The third kappa shape index (κ3) is 25.2. The first-order chi connectivity index (χ1) is 16.8. The molecule has 0 amide bonds. The van der Waals surface area contributed by atoms with E-state index in [1.165, 1.54) is 57.0 Å². The van der Waals surface area contributed by atoms with Crippen molar-refractivity contribution >= 4 is 89.2 Å². The molecule has 6 atom stereocenters. The van der Waals surface area contributed by atoms with E-state index in [9.17, 15) is 36.7 Å². The van der Waals surface area contributed by atoms with Crippen molar-refractivity contribution in [2.24, 2.45) is 0 Å². The van der Waals surface area contributed by atoms with Crippen molar-refractivity contribution in [1.82, 2.24) is 0 Å². The summed E-state index contributed by atoms with van der Waals surface area (Å²) in [5, 5.41) is 0. The molecule has 0 aromatic carbocycles. The van der Waals surface area contributed by atoms with Crippen LogP contribution in [0.4, 0.5) is 0 Å². The Morgan fingerprint density at radius 2 is 0.842 bits per heavy atom. The van der Waals surface area contributed by atoms with Crippen LogP contribution in [0.15, 0.2) is 0 Å². The van der Waals surface area contributed by atoms with Crippen molar-refractivity contribution in [1.29, 1.82) is 0 Å². The van der Waals surface area contributed by atoms with Gasteiger partial charge in [-0.05, 0) is 0 Å². The molecular formula is C18H28Na2O12S6. The normalized spacial score (nSPS) is 15.2. The summed E-state index contributed by atoms with van der Waals surface area (Å²) in [7, 11) is 5.45. The summed E-state index contributed by atoms with van der Waals surface area (Å²) < 4.78 is 64.6. The molecule has 210 valence electrons. The summed E-state index contributed by atoms with van der Waals surface area (Å²) in [6.45, 7) is 4.59. The van der Waals surface area contributed by atoms with Gasteiger partial charge in [-0.1, -0.05) is 65.3 Å². The van der Waals surface area contributed by atoms with Gasteiger partial charge < -0.3 is 28.1 Å². The van der Waals surface area contributed by atoms with Gasteiger partial charge in [-0.25, -0.2) is 0 Å². The average Bonchev–Trinajstić information content (AvgIpc) is 2.71. The number of rotatable bonds is 19. The standard InChI is InChI=1S/C18H30O12S6.2Na/c1-11(19)27-15(17(9-35(23)24)29-13(3)21)7-33-31-5-6-32-34-8-16(28-12(2)20)18(10-36(25)26)30-14(4)22;;/h15-18H,5-10H2,1-4H3,(H,23,24)(H,25,26);;/q;2*+1/p-2/t15-,16-,17-,18-;;/m1../s1. The van der Waals surface area contributed by atoms with E-state index in [1.54, 1.807) is 0 Å². The van der Waals surface area contributed by atoms with Gasteiger partial charge in [0.05, 0.1) is 11.5 Å². The Hall–Kier alpha value is 1.50. The molecule has 0 heterocycles. The van der Waals surface area contributed by atoms with Crippen molar-refractivity contribution in [3.63, 3.8) is 0 Å². The second-order valence-electron chi connectivity index (χ2n) is 6.75. The van der Waals surface area contributed by atoms with E-state index in [2.05, 4.69) is 0 Å². The third-order valence-corrected chi connectivity index (χ3v) is 9.86. The number of carbonyl (C=O) groups is 4. The van der Waals surface area contributed by atoms with Crippen LogP contribution < -0.4 is 59.1 Å². The van der Waals surface area contributed by atoms with Crippen molar-refractivity contribution < 1.29 is 115 Å². The minimum absolute atomic E-state index is 0. The van der Waals surface area contributed by atoms with Gasteiger partial charge in [0.2, 0.25) is 0 Å². The Balaban J connectivity index is -0.00000612. The Morgan fingerprint density at radius 3 is 1.08 bits per heavy atom. The second kappa shape index (κ2) is 26.2. The Morgan fingerprint density at radius 1 is 0.579 bits per heavy atom. The van der Waals surface area contributed by atoms with E-state index in [1.807, 2.05) is 0 Å². The fraction of sp³-hybridized carbons (Fsp3) is 0.778. The van der Waals surface area contributed by atoms with E-state index in [0.29, 0.717) is 11.5 Å². The van der Waals surface area contributed by atoms with Crippen LogP contribution in [0.25, 0.3) is 0 Å². The van der Waals surface area contributed by atoms with E-state index in [4.69, 9.17) is 18.9 Å². The molecule has 0 aliphatic rings. The quantitative estimate of drug-likeness (QED) is 0.0317. The summed E-state index contributed by atoms with van der Waals surface area (Å²) in [6.07, 6.45) is -4.15. The third-order valence-electron chi connectivity index (χ3n) is 3.58. The van der Waals surface area contributed by atoms with Crippen LogP contribution in [0.5, 0.6) is 0 Å². The van der Waals surface area contributed by atoms with Gasteiger partial charge in [0.15, 0.2) is 0 Å². The van der Waals surface area contributed by atoms with E-state index < -0.39 is 82.0 Å². The Kier molecular flexibility index (Phi) is 30.2. The number of hydrogen-bond acceptors (Lipinski definition) is 16. The zero-order valence-corrected chi connectivity index (χ0v) is 30.8. The van der Waals surface area contributed by atoms with Crippen LogP contribution in [0, 0.1) is 0 Å². The molecule has 2 unspecified atom stereocenters. The number of carbonyl (C=O) groups excluding carboxylic acids is 4. The molecule has 0 rings (SSSR count). The maximum atomic E-state index is 11.4. The first kappa shape index (κ1) is 43.9. The summed E-state index contributed by atoms with van der Waals surface area (Å²) in [4.78, 5) is 45.4. The van der Waals surface area contributed by atoms with Crippen LogP contribution >= 0.6 is 43.2 Å². The topological polar surface area (TPSA) is 185 Å².